The van der Waals surface area contributed by atoms with Crippen molar-refractivity contribution in [1.82, 2.24) is 10.3 Å². The highest BCUT2D eigenvalue weighted by molar-refractivity contribution is 7.18. The number of thiazole rings is 1. The van der Waals surface area contributed by atoms with E-state index in [0.29, 0.717) is 18.0 Å². The van der Waals surface area contributed by atoms with E-state index in [4.69, 9.17) is 16.6 Å². The number of fused-ring (bicyclic) bond motifs is 1. The summed E-state index contributed by atoms with van der Waals surface area (Å²) in [6, 6.07) is 7.14. The monoisotopic (exact) mass is 280 g/mol. The van der Waals surface area contributed by atoms with Crippen LogP contribution in [0, 0.1) is 0 Å². The maximum atomic E-state index is 6.01. The first-order chi connectivity index (χ1) is 8.61. The Hall–Kier alpha value is -0.640. The Balaban J connectivity index is 1.93. The van der Waals surface area contributed by atoms with Crippen LogP contribution in [0.25, 0.3) is 10.2 Å². The lowest BCUT2D eigenvalue weighted by Gasteiger charge is -2.31. The fourth-order valence-electron chi connectivity index (χ4n) is 2.87. The number of piperidine rings is 1. The predicted molar refractivity (Wildman–Crippen MR) is 78.7 cm³/mol. The van der Waals surface area contributed by atoms with Crippen LogP contribution in [0.1, 0.15) is 37.6 Å². The number of nitrogens with zero attached hydrogens (tertiary/aromatic N) is 1. The number of aromatic nitrogens is 1. The van der Waals surface area contributed by atoms with E-state index in [1.807, 2.05) is 23.5 Å². The minimum Gasteiger partial charge on any atom is -0.312 e. The lowest BCUT2D eigenvalue weighted by molar-refractivity contribution is 0.316. The minimum atomic E-state index is 0.578. The highest BCUT2D eigenvalue weighted by Crippen LogP contribution is 2.35. The van der Waals surface area contributed by atoms with E-state index in [9.17, 15) is 0 Å². The van der Waals surface area contributed by atoms with Crippen molar-refractivity contribution >= 4 is 33.2 Å². The second kappa shape index (κ2) is 4.80. The van der Waals surface area contributed by atoms with Crippen molar-refractivity contribution < 1.29 is 0 Å². The summed E-state index contributed by atoms with van der Waals surface area (Å²) < 4.78 is 1.24. The molecule has 0 spiro atoms. The Morgan fingerprint density at radius 2 is 2.00 bits per heavy atom. The third-order valence-corrected chi connectivity index (χ3v) is 4.99. The molecule has 1 aromatic heterocycles. The van der Waals surface area contributed by atoms with Crippen molar-refractivity contribution in [3.63, 3.8) is 0 Å². The van der Waals surface area contributed by atoms with Crippen molar-refractivity contribution in [1.29, 1.82) is 0 Å². The molecule has 0 saturated carbocycles. The molecule has 1 aliphatic rings. The van der Waals surface area contributed by atoms with Crippen molar-refractivity contribution in [2.45, 2.75) is 44.7 Å². The van der Waals surface area contributed by atoms with Gasteiger partial charge in [-0.1, -0.05) is 11.6 Å². The molecule has 2 heterocycles. The maximum Gasteiger partial charge on any atom is 0.0970 e. The molecule has 3 rings (SSSR count). The molecule has 18 heavy (non-hydrogen) atoms. The van der Waals surface area contributed by atoms with Crippen LogP contribution in [0.4, 0.5) is 0 Å². The van der Waals surface area contributed by atoms with E-state index >= 15 is 0 Å². The molecule has 1 aliphatic heterocycles. The van der Waals surface area contributed by atoms with Gasteiger partial charge in [0.05, 0.1) is 15.2 Å². The molecule has 2 atom stereocenters. The zero-order valence-corrected chi connectivity index (χ0v) is 12.2. The highest BCUT2D eigenvalue weighted by atomic mass is 35.5. The Morgan fingerprint density at radius 1 is 1.28 bits per heavy atom. The highest BCUT2D eigenvalue weighted by Gasteiger charge is 2.26. The summed E-state index contributed by atoms with van der Waals surface area (Å²) >= 11 is 7.83. The molecule has 0 aliphatic carbocycles. The Kier molecular flexibility index (Phi) is 3.31. The molecule has 96 valence electrons. The van der Waals surface area contributed by atoms with Gasteiger partial charge in [-0.25, -0.2) is 4.98 Å². The quantitative estimate of drug-likeness (QED) is 0.847. The topological polar surface area (TPSA) is 24.9 Å². The zero-order valence-electron chi connectivity index (χ0n) is 10.6. The van der Waals surface area contributed by atoms with Gasteiger partial charge in [0, 0.05) is 23.0 Å². The molecule has 2 nitrogen and oxygen atoms in total. The number of nitrogens with one attached hydrogen (secondary N) is 1. The van der Waals surface area contributed by atoms with Crippen LogP contribution in [0.5, 0.6) is 0 Å². The SMILES string of the molecule is CC1CC(c2nc3cc(Cl)ccc3s2)CC(C)N1. The van der Waals surface area contributed by atoms with Gasteiger partial charge in [0.2, 0.25) is 0 Å². The first kappa shape index (κ1) is 12.4. The summed E-state index contributed by atoms with van der Waals surface area (Å²) in [4.78, 5) is 4.77. The van der Waals surface area contributed by atoms with Gasteiger partial charge in [-0.15, -0.1) is 11.3 Å². The van der Waals surface area contributed by atoms with Crippen LogP contribution < -0.4 is 5.32 Å². The summed E-state index contributed by atoms with van der Waals surface area (Å²) in [5, 5.41) is 5.62. The van der Waals surface area contributed by atoms with Gasteiger partial charge >= 0.3 is 0 Å². The Bertz CT molecular complexity index is 556. The van der Waals surface area contributed by atoms with Crippen LogP contribution in [0.15, 0.2) is 18.2 Å². The van der Waals surface area contributed by atoms with E-state index in [1.165, 1.54) is 22.5 Å². The number of benzene rings is 1. The van der Waals surface area contributed by atoms with Crippen LogP contribution in [-0.4, -0.2) is 17.1 Å². The van der Waals surface area contributed by atoms with Gasteiger partial charge in [0.1, 0.15) is 0 Å². The maximum absolute atomic E-state index is 6.01. The standard InChI is InChI=1S/C14H17ClN2S/c1-8-5-10(6-9(2)16-8)14-17-12-7-11(15)3-4-13(12)18-14/h3-4,7-10,16H,5-6H2,1-2H3. The van der Waals surface area contributed by atoms with Gasteiger partial charge in [0.25, 0.3) is 0 Å². The number of hydrogen-bond acceptors (Lipinski definition) is 3. The van der Waals surface area contributed by atoms with E-state index < -0.39 is 0 Å². The smallest absolute Gasteiger partial charge is 0.0970 e. The van der Waals surface area contributed by atoms with E-state index in [2.05, 4.69) is 25.2 Å². The van der Waals surface area contributed by atoms with Gasteiger partial charge in [-0.3, -0.25) is 0 Å². The largest absolute Gasteiger partial charge is 0.312 e. The zero-order chi connectivity index (χ0) is 12.7. The van der Waals surface area contributed by atoms with Crippen molar-refractivity contribution in [2.24, 2.45) is 0 Å². The number of hydrogen-bond donors (Lipinski definition) is 1. The predicted octanol–water partition coefficient (Wildman–Crippen LogP) is 4.19. The fourth-order valence-corrected chi connectivity index (χ4v) is 4.11. The molecule has 1 fully saturated rings. The third-order valence-electron chi connectivity index (χ3n) is 3.56. The van der Waals surface area contributed by atoms with Crippen LogP contribution in [-0.2, 0) is 0 Å². The van der Waals surface area contributed by atoms with E-state index in [1.54, 1.807) is 0 Å². The molecule has 2 unspecified atom stereocenters. The fraction of sp³-hybridized carbons (Fsp3) is 0.500. The minimum absolute atomic E-state index is 0.578. The summed E-state index contributed by atoms with van der Waals surface area (Å²) in [5.74, 6) is 0.590. The van der Waals surface area contributed by atoms with Gasteiger partial charge in [-0.2, -0.15) is 0 Å². The molecule has 0 amide bonds. The second-order valence-electron chi connectivity index (χ2n) is 5.30. The summed E-state index contributed by atoms with van der Waals surface area (Å²) in [6.45, 7) is 4.51. The molecule has 1 aromatic carbocycles. The lowest BCUT2D eigenvalue weighted by atomic mass is 9.89. The summed E-state index contributed by atoms with van der Waals surface area (Å²) in [7, 11) is 0. The lowest BCUT2D eigenvalue weighted by Crippen LogP contribution is -2.41. The molecular weight excluding hydrogens is 264 g/mol. The van der Waals surface area contributed by atoms with E-state index in [-0.39, 0.29) is 0 Å². The van der Waals surface area contributed by atoms with Crippen LogP contribution in [0.2, 0.25) is 5.02 Å². The number of rotatable bonds is 1. The first-order valence-corrected chi connectivity index (χ1v) is 7.63. The molecule has 4 heteroatoms. The van der Waals surface area contributed by atoms with Crippen LogP contribution in [0.3, 0.4) is 0 Å². The number of halogens is 1. The average molecular weight is 281 g/mol. The van der Waals surface area contributed by atoms with Crippen molar-refractivity contribution in [3.8, 4) is 0 Å². The summed E-state index contributed by atoms with van der Waals surface area (Å²) in [6.07, 6.45) is 2.36. The summed E-state index contributed by atoms with van der Waals surface area (Å²) in [5.41, 5.74) is 1.04. The Morgan fingerprint density at radius 3 is 2.72 bits per heavy atom. The van der Waals surface area contributed by atoms with Gasteiger partial charge in [0.15, 0.2) is 0 Å². The molecule has 1 saturated heterocycles. The van der Waals surface area contributed by atoms with Gasteiger partial charge in [-0.05, 0) is 44.9 Å². The van der Waals surface area contributed by atoms with Gasteiger partial charge < -0.3 is 5.32 Å². The second-order valence-corrected chi connectivity index (χ2v) is 6.80. The molecular formula is C14H17ClN2S. The normalized spacial score (nSPS) is 28.7. The molecule has 1 N–H and O–H groups in total. The third kappa shape index (κ3) is 2.40. The van der Waals surface area contributed by atoms with Crippen molar-refractivity contribution in [3.05, 3.63) is 28.2 Å². The molecule has 2 aromatic rings. The van der Waals surface area contributed by atoms with Crippen molar-refractivity contribution in [2.75, 3.05) is 0 Å². The first-order valence-electron chi connectivity index (χ1n) is 6.44. The molecule has 0 bridgehead atoms. The van der Waals surface area contributed by atoms with Crippen LogP contribution >= 0.6 is 22.9 Å². The average Bonchev–Trinajstić information content (AvgIpc) is 2.70. The Labute approximate surface area is 116 Å². The molecule has 0 radical (unpaired) electrons. The van der Waals surface area contributed by atoms with E-state index in [0.717, 1.165) is 10.5 Å².